The standard InChI is InChI=1S/C27H27NO8/c1-14-18-10-15-8-9-27(2,3)36-21(15)13-22(18)35-26(32)19(14)12-23(29)28-20-11-16(24(30)33-4)6-7-17(20)25(31)34-5/h6-7,10-11,13H,8-9,12H2,1-5H3,(H,28,29). The number of hydrogen-bond acceptors (Lipinski definition) is 8. The average molecular weight is 494 g/mol. The van der Waals surface area contributed by atoms with Gasteiger partial charge in [0.2, 0.25) is 5.91 Å². The van der Waals surface area contributed by atoms with E-state index in [9.17, 15) is 19.2 Å². The first-order valence-corrected chi connectivity index (χ1v) is 11.4. The summed E-state index contributed by atoms with van der Waals surface area (Å²) in [4.78, 5) is 49.9. The molecule has 9 heteroatoms. The first-order chi connectivity index (χ1) is 17.0. The van der Waals surface area contributed by atoms with Crippen molar-refractivity contribution in [3.63, 3.8) is 0 Å². The molecule has 1 aromatic heterocycles. The lowest BCUT2D eigenvalue weighted by atomic mass is 9.92. The minimum Gasteiger partial charge on any atom is -0.487 e. The van der Waals surface area contributed by atoms with Crippen LogP contribution in [0.3, 0.4) is 0 Å². The fourth-order valence-electron chi connectivity index (χ4n) is 4.28. The number of ether oxygens (including phenoxy) is 3. The maximum absolute atomic E-state index is 13.0. The van der Waals surface area contributed by atoms with E-state index in [1.54, 1.807) is 13.0 Å². The van der Waals surface area contributed by atoms with E-state index in [1.165, 1.54) is 32.4 Å². The monoisotopic (exact) mass is 493 g/mol. The second kappa shape index (κ2) is 9.49. The van der Waals surface area contributed by atoms with Gasteiger partial charge in [-0.2, -0.15) is 0 Å². The van der Waals surface area contributed by atoms with E-state index in [1.807, 2.05) is 19.9 Å². The van der Waals surface area contributed by atoms with E-state index in [4.69, 9.17) is 18.6 Å². The second-order valence-corrected chi connectivity index (χ2v) is 9.28. The van der Waals surface area contributed by atoms with Gasteiger partial charge in [-0.25, -0.2) is 14.4 Å². The third-order valence-corrected chi connectivity index (χ3v) is 6.31. The van der Waals surface area contributed by atoms with Gasteiger partial charge in [0.25, 0.3) is 0 Å². The molecule has 2 aromatic carbocycles. The number of amides is 1. The van der Waals surface area contributed by atoms with Gasteiger partial charge in [-0.3, -0.25) is 4.79 Å². The Morgan fingerprint density at radius 2 is 1.78 bits per heavy atom. The van der Waals surface area contributed by atoms with E-state index in [0.29, 0.717) is 16.9 Å². The van der Waals surface area contributed by atoms with Crippen LogP contribution in [-0.4, -0.2) is 37.7 Å². The van der Waals surface area contributed by atoms with Crippen molar-refractivity contribution < 1.29 is 33.0 Å². The topological polar surface area (TPSA) is 121 Å². The first-order valence-electron chi connectivity index (χ1n) is 11.4. The number of benzene rings is 2. The van der Waals surface area contributed by atoms with Crippen molar-refractivity contribution in [2.75, 3.05) is 19.5 Å². The molecule has 36 heavy (non-hydrogen) atoms. The quantitative estimate of drug-likeness (QED) is 0.419. The van der Waals surface area contributed by atoms with E-state index in [2.05, 4.69) is 5.32 Å². The number of rotatable bonds is 5. The van der Waals surface area contributed by atoms with Crippen molar-refractivity contribution in [3.8, 4) is 5.75 Å². The third kappa shape index (κ3) is 4.82. The van der Waals surface area contributed by atoms with Gasteiger partial charge in [-0.1, -0.05) is 0 Å². The number of hydrogen-bond donors (Lipinski definition) is 1. The Bertz CT molecular complexity index is 1450. The molecule has 0 aliphatic carbocycles. The van der Waals surface area contributed by atoms with Gasteiger partial charge in [0.1, 0.15) is 16.9 Å². The number of fused-ring (bicyclic) bond motifs is 2. The van der Waals surface area contributed by atoms with Crippen molar-refractivity contribution in [2.24, 2.45) is 0 Å². The van der Waals surface area contributed by atoms with Gasteiger partial charge in [0.15, 0.2) is 0 Å². The normalized spacial score (nSPS) is 13.9. The molecule has 0 saturated carbocycles. The SMILES string of the molecule is COC(=O)c1ccc(C(=O)OC)c(NC(=O)Cc2c(C)c3cc4c(cc3oc2=O)OC(C)(C)CC4)c1. The molecule has 1 aliphatic rings. The Hall–Kier alpha value is -4.14. The van der Waals surface area contributed by atoms with Crippen LogP contribution in [0, 0.1) is 6.92 Å². The highest BCUT2D eigenvalue weighted by Crippen LogP contribution is 2.36. The lowest BCUT2D eigenvalue weighted by molar-refractivity contribution is -0.115. The zero-order valence-corrected chi connectivity index (χ0v) is 20.8. The summed E-state index contributed by atoms with van der Waals surface area (Å²) < 4.78 is 21.1. The predicted octanol–water partition coefficient (Wildman–Crippen LogP) is 3.96. The van der Waals surface area contributed by atoms with Gasteiger partial charge in [-0.15, -0.1) is 0 Å². The average Bonchev–Trinajstić information content (AvgIpc) is 2.84. The molecule has 0 saturated heterocycles. The van der Waals surface area contributed by atoms with Crippen LogP contribution in [0.5, 0.6) is 5.75 Å². The summed E-state index contributed by atoms with van der Waals surface area (Å²) >= 11 is 0. The van der Waals surface area contributed by atoms with Crippen molar-refractivity contribution in [1.82, 2.24) is 0 Å². The fraction of sp³-hybridized carbons (Fsp3) is 0.333. The Balaban J connectivity index is 1.66. The van der Waals surface area contributed by atoms with Gasteiger partial charge < -0.3 is 23.9 Å². The number of anilines is 1. The van der Waals surface area contributed by atoms with Gasteiger partial charge >= 0.3 is 17.6 Å². The molecule has 0 spiro atoms. The molecule has 0 atom stereocenters. The molecule has 0 fully saturated rings. The van der Waals surface area contributed by atoms with Crippen molar-refractivity contribution in [1.29, 1.82) is 0 Å². The molecule has 1 aliphatic heterocycles. The minimum atomic E-state index is -0.696. The molecule has 9 nitrogen and oxygen atoms in total. The van der Waals surface area contributed by atoms with Crippen LogP contribution < -0.4 is 15.7 Å². The Morgan fingerprint density at radius 3 is 2.47 bits per heavy atom. The van der Waals surface area contributed by atoms with Crippen LogP contribution >= 0.6 is 0 Å². The van der Waals surface area contributed by atoms with Crippen LogP contribution in [0.2, 0.25) is 0 Å². The number of methoxy groups -OCH3 is 2. The maximum atomic E-state index is 13.0. The Morgan fingerprint density at radius 1 is 1.06 bits per heavy atom. The van der Waals surface area contributed by atoms with E-state index in [-0.39, 0.29) is 34.4 Å². The number of aryl methyl sites for hydroxylation is 2. The molecule has 188 valence electrons. The molecular weight excluding hydrogens is 466 g/mol. The van der Waals surface area contributed by atoms with E-state index < -0.39 is 23.5 Å². The first kappa shape index (κ1) is 25.0. The summed E-state index contributed by atoms with van der Waals surface area (Å²) in [5.74, 6) is -1.21. The highest BCUT2D eigenvalue weighted by atomic mass is 16.5. The predicted molar refractivity (Wildman–Crippen MR) is 132 cm³/mol. The lowest BCUT2D eigenvalue weighted by Gasteiger charge is -2.32. The van der Waals surface area contributed by atoms with Crippen LogP contribution in [0.25, 0.3) is 11.0 Å². The van der Waals surface area contributed by atoms with E-state index in [0.717, 1.165) is 23.8 Å². The summed E-state index contributed by atoms with van der Waals surface area (Å²) in [5.41, 5.74) is 1.53. The summed E-state index contributed by atoms with van der Waals surface area (Å²) in [6.45, 7) is 5.78. The van der Waals surface area contributed by atoms with Gasteiger partial charge in [-0.05, 0) is 69.0 Å². The summed E-state index contributed by atoms with van der Waals surface area (Å²) in [6.07, 6.45) is 1.37. The largest absolute Gasteiger partial charge is 0.487 e. The summed E-state index contributed by atoms with van der Waals surface area (Å²) in [6, 6.07) is 7.73. The smallest absolute Gasteiger partial charge is 0.340 e. The number of carbonyl (C=O) groups excluding carboxylic acids is 3. The zero-order valence-electron chi connectivity index (χ0n) is 20.8. The number of esters is 2. The maximum Gasteiger partial charge on any atom is 0.340 e. The molecule has 0 bridgehead atoms. The van der Waals surface area contributed by atoms with Crippen LogP contribution in [0.4, 0.5) is 5.69 Å². The summed E-state index contributed by atoms with van der Waals surface area (Å²) in [7, 11) is 2.43. The molecule has 1 N–H and O–H groups in total. The van der Waals surface area contributed by atoms with Crippen molar-refractivity contribution in [2.45, 2.75) is 45.6 Å². The number of nitrogens with one attached hydrogen (secondary N) is 1. The highest BCUT2D eigenvalue weighted by molar-refractivity contribution is 6.04. The number of carbonyl (C=O) groups is 3. The van der Waals surface area contributed by atoms with Crippen LogP contribution in [-0.2, 0) is 27.1 Å². The molecule has 2 heterocycles. The zero-order chi connectivity index (χ0) is 26.2. The Labute approximate surface area is 207 Å². The molecule has 1 amide bonds. The lowest BCUT2D eigenvalue weighted by Crippen LogP contribution is -2.32. The van der Waals surface area contributed by atoms with Crippen molar-refractivity contribution >= 4 is 34.5 Å². The van der Waals surface area contributed by atoms with Crippen LogP contribution in [0.1, 0.15) is 57.7 Å². The Kier molecular flexibility index (Phi) is 6.58. The highest BCUT2D eigenvalue weighted by Gasteiger charge is 2.28. The van der Waals surface area contributed by atoms with Crippen molar-refractivity contribution in [3.05, 3.63) is 68.6 Å². The molecule has 3 aromatic rings. The van der Waals surface area contributed by atoms with Gasteiger partial charge in [0, 0.05) is 11.5 Å². The minimum absolute atomic E-state index is 0.0512. The second-order valence-electron chi connectivity index (χ2n) is 9.28. The van der Waals surface area contributed by atoms with Crippen LogP contribution in [0.15, 0.2) is 39.5 Å². The molecular formula is C27H27NO8. The van der Waals surface area contributed by atoms with E-state index >= 15 is 0 Å². The molecule has 0 radical (unpaired) electrons. The third-order valence-electron chi connectivity index (χ3n) is 6.31. The molecule has 0 unspecified atom stereocenters. The van der Waals surface area contributed by atoms with Gasteiger partial charge in [0.05, 0.1) is 43.0 Å². The fourth-order valence-corrected chi connectivity index (χ4v) is 4.28. The summed E-state index contributed by atoms with van der Waals surface area (Å²) in [5, 5.41) is 3.33. The molecule has 4 rings (SSSR count).